The van der Waals surface area contributed by atoms with Crippen molar-refractivity contribution in [3.05, 3.63) is 0 Å². The third kappa shape index (κ3) is 3.49. The van der Waals surface area contributed by atoms with Gasteiger partial charge in [0.05, 0.1) is 6.07 Å². The normalized spacial score (nSPS) is 31.1. The molecule has 2 saturated carbocycles. The minimum atomic E-state index is -0.253. The Hall–Kier alpha value is -0.590. The number of hydrogen-bond acceptors (Lipinski definition) is 3. The van der Waals surface area contributed by atoms with E-state index in [9.17, 15) is 5.26 Å². The van der Waals surface area contributed by atoms with Crippen molar-refractivity contribution in [1.82, 2.24) is 10.2 Å². The topological polar surface area (TPSA) is 39.1 Å². The van der Waals surface area contributed by atoms with Gasteiger partial charge in [0.1, 0.15) is 5.54 Å². The van der Waals surface area contributed by atoms with Crippen LogP contribution in [0.15, 0.2) is 0 Å². The van der Waals surface area contributed by atoms with Gasteiger partial charge in [0.15, 0.2) is 0 Å². The molecule has 3 nitrogen and oxygen atoms in total. The van der Waals surface area contributed by atoms with E-state index in [1.54, 1.807) is 0 Å². The summed E-state index contributed by atoms with van der Waals surface area (Å²) in [5, 5.41) is 13.2. The van der Waals surface area contributed by atoms with Crippen molar-refractivity contribution in [2.75, 3.05) is 13.1 Å². The summed E-state index contributed by atoms with van der Waals surface area (Å²) in [4.78, 5) is 2.61. The Bertz CT molecular complexity index is 329. The molecule has 2 atom stereocenters. The summed E-state index contributed by atoms with van der Waals surface area (Å²) in [6.45, 7) is 8.90. The zero-order valence-corrected chi connectivity index (χ0v) is 12.8. The average Bonchev–Trinajstić information content (AvgIpc) is 3.13. The van der Waals surface area contributed by atoms with Crippen LogP contribution in [0.1, 0.15) is 59.3 Å². The molecule has 0 aromatic carbocycles. The second-order valence-corrected chi connectivity index (χ2v) is 6.62. The third-order valence-corrected chi connectivity index (χ3v) is 4.80. The van der Waals surface area contributed by atoms with Gasteiger partial charge < -0.3 is 4.90 Å². The molecule has 0 aromatic rings. The van der Waals surface area contributed by atoms with Crippen LogP contribution in [-0.4, -0.2) is 35.6 Å². The minimum absolute atomic E-state index is 0.253. The van der Waals surface area contributed by atoms with Crippen LogP contribution in [0.25, 0.3) is 0 Å². The lowest BCUT2D eigenvalue weighted by molar-refractivity contribution is 0.217. The fourth-order valence-electron chi connectivity index (χ4n) is 3.71. The first-order chi connectivity index (χ1) is 9.11. The first-order valence-electron chi connectivity index (χ1n) is 8.04. The van der Waals surface area contributed by atoms with E-state index in [0.29, 0.717) is 12.0 Å². The monoisotopic (exact) mass is 263 g/mol. The molecular formula is C16H29N3. The number of rotatable bonds is 7. The molecule has 2 rings (SSSR count). The Labute approximate surface area is 118 Å². The van der Waals surface area contributed by atoms with Gasteiger partial charge in [-0.3, -0.25) is 5.32 Å². The van der Waals surface area contributed by atoms with Crippen LogP contribution < -0.4 is 5.32 Å². The van der Waals surface area contributed by atoms with E-state index in [4.69, 9.17) is 0 Å². The fraction of sp³-hybridized carbons (Fsp3) is 0.938. The number of nitriles is 1. The molecule has 2 aliphatic carbocycles. The molecule has 0 bridgehead atoms. The van der Waals surface area contributed by atoms with E-state index < -0.39 is 0 Å². The van der Waals surface area contributed by atoms with Gasteiger partial charge in [-0.15, -0.1) is 0 Å². The zero-order chi connectivity index (χ0) is 13.9. The van der Waals surface area contributed by atoms with Crippen molar-refractivity contribution in [3.63, 3.8) is 0 Å². The van der Waals surface area contributed by atoms with Gasteiger partial charge in [0, 0.05) is 12.1 Å². The molecule has 0 saturated heterocycles. The van der Waals surface area contributed by atoms with Crippen molar-refractivity contribution in [1.29, 1.82) is 5.26 Å². The molecule has 0 amide bonds. The predicted octanol–water partition coefficient (Wildman–Crippen LogP) is 2.92. The van der Waals surface area contributed by atoms with Gasteiger partial charge in [-0.2, -0.15) is 5.26 Å². The number of hydrogen-bond donors (Lipinski definition) is 1. The van der Waals surface area contributed by atoms with E-state index in [0.717, 1.165) is 19.0 Å². The second kappa shape index (κ2) is 6.24. The molecule has 2 unspecified atom stereocenters. The highest BCUT2D eigenvalue weighted by atomic mass is 15.2. The molecule has 0 aromatic heterocycles. The van der Waals surface area contributed by atoms with Crippen LogP contribution in [-0.2, 0) is 0 Å². The molecule has 2 fully saturated rings. The summed E-state index contributed by atoms with van der Waals surface area (Å²) in [7, 11) is 0. The fourth-order valence-corrected chi connectivity index (χ4v) is 3.71. The maximum absolute atomic E-state index is 9.65. The van der Waals surface area contributed by atoms with Crippen LogP contribution in [0.3, 0.4) is 0 Å². The van der Waals surface area contributed by atoms with E-state index in [1.165, 1.54) is 38.6 Å². The summed E-state index contributed by atoms with van der Waals surface area (Å²) in [5.41, 5.74) is -0.253. The molecule has 0 spiro atoms. The zero-order valence-electron chi connectivity index (χ0n) is 12.8. The van der Waals surface area contributed by atoms with Gasteiger partial charge in [-0.1, -0.05) is 13.3 Å². The van der Waals surface area contributed by atoms with Crippen molar-refractivity contribution in [2.45, 2.75) is 76.9 Å². The lowest BCUT2D eigenvalue weighted by Crippen LogP contribution is -2.50. The highest BCUT2D eigenvalue weighted by Gasteiger charge is 2.43. The van der Waals surface area contributed by atoms with Crippen molar-refractivity contribution in [3.8, 4) is 6.07 Å². The van der Waals surface area contributed by atoms with Crippen LogP contribution in [0, 0.1) is 17.2 Å². The Morgan fingerprint density at radius 2 is 2.11 bits per heavy atom. The lowest BCUT2D eigenvalue weighted by Gasteiger charge is -2.33. The van der Waals surface area contributed by atoms with Crippen LogP contribution in [0.2, 0.25) is 0 Å². The van der Waals surface area contributed by atoms with E-state index in [-0.39, 0.29) is 5.54 Å². The SMILES string of the molecule is CCN(CCC1CCCC1(C#N)NC(C)C)C1CC1. The summed E-state index contributed by atoms with van der Waals surface area (Å²) in [6.07, 6.45) is 7.39. The Kier molecular flexibility index (Phi) is 4.86. The average molecular weight is 263 g/mol. The highest BCUT2D eigenvalue weighted by molar-refractivity contribution is 5.14. The number of nitrogens with zero attached hydrogens (tertiary/aromatic N) is 2. The summed E-state index contributed by atoms with van der Waals surface area (Å²) >= 11 is 0. The van der Waals surface area contributed by atoms with E-state index in [1.807, 2.05) is 0 Å². The van der Waals surface area contributed by atoms with Crippen LogP contribution in [0.4, 0.5) is 0 Å². The Morgan fingerprint density at radius 1 is 1.37 bits per heavy atom. The highest BCUT2D eigenvalue weighted by Crippen LogP contribution is 2.38. The van der Waals surface area contributed by atoms with E-state index in [2.05, 4.69) is 37.1 Å². The first-order valence-corrected chi connectivity index (χ1v) is 8.04. The number of nitrogens with one attached hydrogen (secondary N) is 1. The minimum Gasteiger partial charge on any atom is -0.301 e. The molecular weight excluding hydrogens is 234 g/mol. The van der Waals surface area contributed by atoms with Gasteiger partial charge >= 0.3 is 0 Å². The van der Waals surface area contributed by atoms with E-state index >= 15 is 0 Å². The van der Waals surface area contributed by atoms with Gasteiger partial charge in [0.25, 0.3) is 0 Å². The third-order valence-electron chi connectivity index (χ3n) is 4.80. The second-order valence-electron chi connectivity index (χ2n) is 6.62. The van der Waals surface area contributed by atoms with Crippen molar-refractivity contribution in [2.24, 2.45) is 5.92 Å². The van der Waals surface area contributed by atoms with Gasteiger partial charge in [-0.25, -0.2) is 0 Å². The quantitative estimate of drug-likeness (QED) is 0.767. The molecule has 108 valence electrons. The molecule has 0 heterocycles. The summed E-state index contributed by atoms with van der Waals surface area (Å²) < 4.78 is 0. The smallest absolute Gasteiger partial charge is 0.109 e. The van der Waals surface area contributed by atoms with Gasteiger partial charge in [-0.05, 0) is 65.0 Å². The standard InChI is InChI=1S/C16H29N3/c1-4-19(15-7-8-15)11-9-14-6-5-10-16(14,12-17)18-13(2)3/h13-15,18H,4-11H2,1-3H3. The van der Waals surface area contributed by atoms with Crippen molar-refractivity contribution >= 4 is 0 Å². The lowest BCUT2D eigenvalue weighted by atomic mass is 9.85. The van der Waals surface area contributed by atoms with Crippen molar-refractivity contribution < 1.29 is 0 Å². The maximum atomic E-state index is 9.65. The van der Waals surface area contributed by atoms with Gasteiger partial charge in [0.2, 0.25) is 0 Å². The largest absolute Gasteiger partial charge is 0.301 e. The molecule has 1 N–H and O–H groups in total. The Balaban J connectivity index is 1.92. The molecule has 0 aliphatic heterocycles. The predicted molar refractivity (Wildman–Crippen MR) is 78.8 cm³/mol. The molecule has 3 heteroatoms. The van der Waals surface area contributed by atoms with Crippen LogP contribution >= 0.6 is 0 Å². The summed E-state index contributed by atoms with van der Waals surface area (Å²) in [6, 6.07) is 3.86. The molecule has 19 heavy (non-hydrogen) atoms. The van der Waals surface area contributed by atoms with Crippen LogP contribution in [0.5, 0.6) is 0 Å². The molecule has 2 aliphatic rings. The Morgan fingerprint density at radius 3 is 2.63 bits per heavy atom. The first kappa shape index (κ1) is 14.8. The maximum Gasteiger partial charge on any atom is 0.109 e. The summed E-state index contributed by atoms with van der Waals surface area (Å²) in [5.74, 6) is 0.535. The molecule has 0 radical (unpaired) electrons.